The SMILES string of the molecule is C=C1OCCC1=C(C)C. The van der Waals surface area contributed by atoms with E-state index in [9.17, 15) is 0 Å². The zero-order valence-electron chi connectivity index (χ0n) is 6.03. The van der Waals surface area contributed by atoms with E-state index in [1.165, 1.54) is 11.1 Å². The summed E-state index contributed by atoms with van der Waals surface area (Å²) in [6.45, 7) is 8.78. The molecule has 1 nitrogen and oxygen atoms in total. The molecule has 0 unspecified atom stereocenters. The highest BCUT2D eigenvalue weighted by molar-refractivity contribution is 5.30. The Morgan fingerprint density at radius 2 is 2.22 bits per heavy atom. The fraction of sp³-hybridized carbons (Fsp3) is 0.500. The first-order chi connectivity index (χ1) is 4.22. The molecule has 1 saturated heterocycles. The Hall–Kier alpha value is -0.720. The van der Waals surface area contributed by atoms with Crippen molar-refractivity contribution in [3.8, 4) is 0 Å². The van der Waals surface area contributed by atoms with Crippen molar-refractivity contribution in [3.63, 3.8) is 0 Å². The summed E-state index contributed by atoms with van der Waals surface area (Å²) >= 11 is 0. The third kappa shape index (κ3) is 1.15. The predicted octanol–water partition coefficient (Wildman–Crippen LogP) is 2.26. The summed E-state index contributed by atoms with van der Waals surface area (Å²) < 4.78 is 5.17. The van der Waals surface area contributed by atoms with Crippen molar-refractivity contribution in [2.24, 2.45) is 0 Å². The van der Waals surface area contributed by atoms with Crippen LogP contribution in [0.1, 0.15) is 20.3 Å². The van der Waals surface area contributed by atoms with Gasteiger partial charge < -0.3 is 4.74 Å². The summed E-state index contributed by atoms with van der Waals surface area (Å²) in [7, 11) is 0. The van der Waals surface area contributed by atoms with E-state index in [1.54, 1.807) is 0 Å². The molecule has 1 fully saturated rings. The van der Waals surface area contributed by atoms with Crippen LogP contribution >= 0.6 is 0 Å². The van der Waals surface area contributed by atoms with Crippen molar-refractivity contribution in [3.05, 3.63) is 23.5 Å². The van der Waals surface area contributed by atoms with Crippen LogP contribution in [0.5, 0.6) is 0 Å². The Labute approximate surface area is 56.0 Å². The lowest BCUT2D eigenvalue weighted by molar-refractivity contribution is 0.267. The van der Waals surface area contributed by atoms with Crippen molar-refractivity contribution in [1.29, 1.82) is 0 Å². The molecule has 0 N–H and O–H groups in total. The molecule has 0 aliphatic carbocycles. The summed E-state index contributed by atoms with van der Waals surface area (Å²) in [5.41, 5.74) is 2.63. The van der Waals surface area contributed by atoms with E-state index < -0.39 is 0 Å². The second kappa shape index (κ2) is 2.26. The van der Waals surface area contributed by atoms with E-state index in [4.69, 9.17) is 4.74 Å². The summed E-state index contributed by atoms with van der Waals surface area (Å²) in [5.74, 6) is 0.870. The van der Waals surface area contributed by atoms with Crippen LogP contribution in [0.2, 0.25) is 0 Å². The number of hydrogen-bond acceptors (Lipinski definition) is 1. The molecule has 0 spiro atoms. The highest BCUT2D eigenvalue weighted by Crippen LogP contribution is 2.24. The van der Waals surface area contributed by atoms with Crippen LogP contribution in [0.4, 0.5) is 0 Å². The first-order valence-electron chi connectivity index (χ1n) is 3.20. The maximum atomic E-state index is 5.17. The molecule has 1 aliphatic heterocycles. The van der Waals surface area contributed by atoms with Gasteiger partial charge in [0.1, 0.15) is 5.76 Å². The number of hydrogen-bond donors (Lipinski definition) is 0. The Morgan fingerprint density at radius 3 is 2.44 bits per heavy atom. The molecule has 0 bridgehead atoms. The van der Waals surface area contributed by atoms with Crippen LogP contribution in [-0.4, -0.2) is 6.61 Å². The van der Waals surface area contributed by atoms with E-state index in [0.29, 0.717) is 0 Å². The van der Waals surface area contributed by atoms with Crippen molar-refractivity contribution in [2.45, 2.75) is 20.3 Å². The zero-order chi connectivity index (χ0) is 6.85. The summed E-state index contributed by atoms with van der Waals surface area (Å²) in [4.78, 5) is 0. The van der Waals surface area contributed by atoms with Crippen molar-refractivity contribution in [2.75, 3.05) is 6.61 Å². The van der Waals surface area contributed by atoms with Crippen LogP contribution in [-0.2, 0) is 4.74 Å². The molecule has 0 amide bonds. The van der Waals surface area contributed by atoms with E-state index in [2.05, 4.69) is 20.4 Å². The van der Waals surface area contributed by atoms with Gasteiger partial charge in [-0.25, -0.2) is 0 Å². The standard InChI is InChI=1S/C8H12O/c1-6(2)8-4-5-9-7(8)3/h3-5H2,1-2H3. The highest BCUT2D eigenvalue weighted by atomic mass is 16.5. The minimum absolute atomic E-state index is 0.819. The first-order valence-corrected chi connectivity index (χ1v) is 3.20. The second-order valence-electron chi connectivity index (χ2n) is 2.50. The van der Waals surface area contributed by atoms with E-state index in [-0.39, 0.29) is 0 Å². The van der Waals surface area contributed by atoms with Gasteiger partial charge in [0, 0.05) is 6.42 Å². The van der Waals surface area contributed by atoms with Gasteiger partial charge in [0.25, 0.3) is 0 Å². The fourth-order valence-electron chi connectivity index (χ4n) is 1.03. The molecule has 0 aromatic heterocycles. The van der Waals surface area contributed by atoms with Crippen molar-refractivity contribution >= 4 is 0 Å². The molecule has 1 aliphatic rings. The third-order valence-corrected chi connectivity index (χ3v) is 1.57. The van der Waals surface area contributed by atoms with Gasteiger partial charge in [-0.15, -0.1) is 0 Å². The van der Waals surface area contributed by atoms with E-state index in [1.807, 2.05) is 0 Å². The van der Waals surface area contributed by atoms with E-state index in [0.717, 1.165) is 18.8 Å². The highest BCUT2D eigenvalue weighted by Gasteiger charge is 2.12. The average Bonchev–Trinajstić information content (AvgIpc) is 2.13. The van der Waals surface area contributed by atoms with Gasteiger partial charge in [-0.2, -0.15) is 0 Å². The molecule has 0 radical (unpaired) electrons. The minimum atomic E-state index is 0.819. The van der Waals surface area contributed by atoms with Crippen LogP contribution in [0.25, 0.3) is 0 Å². The number of ether oxygens (including phenoxy) is 1. The van der Waals surface area contributed by atoms with Gasteiger partial charge in [0.15, 0.2) is 0 Å². The van der Waals surface area contributed by atoms with Crippen LogP contribution in [0.3, 0.4) is 0 Å². The lowest BCUT2D eigenvalue weighted by Crippen LogP contribution is -1.80. The van der Waals surface area contributed by atoms with Crippen LogP contribution in [0, 0.1) is 0 Å². The third-order valence-electron chi connectivity index (χ3n) is 1.57. The predicted molar refractivity (Wildman–Crippen MR) is 38.1 cm³/mol. The largest absolute Gasteiger partial charge is 0.494 e. The normalized spacial score (nSPS) is 18.0. The molecule has 0 saturated carbocycles. The molecule has 0 aromatic rings. The lowest BCUT2D eigenvalue weighted by Gasteiger charge is -1.97. The lowest BCUT2D eigenvalue weighted by atomic mass is 10.1. The molecule has 9 heavy (non-hydrogen) atoms. The molecule has 1 heterocycles. The van der Waals surface area contributed by atoms with Crippen LogP contribution in [0.15, 0.2) is 23.5 Å². The summed E-state index contributed by atoms with van der Waals surface area (Å²) in [6, 6.07) is 0. The topological polar surface area (TPSA) is 9.23 Å². The monoisotopic (exact) mass is 124 g/mol. The Kier molecular flexibility index (Phi) is 1.60. The Balaban J connectivity index is 2.83. The molecule has 1 rings (SSSR count). The average molecular weight is 124 g/mol. The zero-order valence-corrected chi connectivity index (χ0v) is 6.03. The molecular weight excluding hydrogens is 112 g/mol. The van der Waals surface area contributed by atoms with Gasteiger partial charge in [0.05, 0.1) is 6.61 Å². The van der Waals surface area contributed by atoms with Gasteiger partial charge in [-0.3, -0.25) is 0 Å². The Bertz CT molecular complexity index is 161. The summed E-state index contributed by atoms with van der Waals surface area (Å²) in [5, 5.41) is 0. The maximum absolute atomic E-state index is 5.17. The van der Waals surface area contributed by atoms with Gasteiger partial charge >= 0.3 is 0 Å². The molecule has 0 aromatic carbocycles. The molecular formula is C8H12O. The molecule has 50 valence electrons. The van der Waals surface area contributed by atoms with Crippen LogP contribution < -0.4 is 0 Å². The van der Waals surface area contributed by atoms with Gasteiger partial charge in [-0.1, -0.05) is 12.2 Å². The van der Waals surface area contributed by atoms with Gasteiger partial charge in [0.2, 0.25) is 0 Å². The smallest absolute Gasteiger partial charge is 0.115 e. The molecule has 1 heteroatoms. The Morgan fingerprint density at radius 1 is 1.56 bits per heavy atom. The maximum Gasteiger partial charge on any atom is 0.115 e. The molecule has 0 atom stereocenters. The number of allylic oxidation sites excluding steroid dienone is 2. The van der Waals surface area contributed by atoms with Gasteiger partial charge in [-0.05, 0) is 19.4 Å². The van der Waals surface area contributed by atoms with Crippen molar-refractivity contribution in [1.82, 2.24) is 0 Å². The fourth-order valence-corrected chi connectivity index (χ4v) is 1.03. The second-order valence-corrected chi connectivity index (χ2v) is 2.50. The summed E-state index contributed by atoms with van der Waals surface area (Å²) in [6.07, 6.45) is 1.04. The minimum Gasteiger partial charge on any atom is -0.494 e. The quantitative estimate of drug-likeness (QED) is 0.481. The van der Waals surface area contributed by atoms with Crippen molar-refractivity contribution < 1.29 is 4.74 Å². The first kappa shape index (κ1) is 6.40. The number of rotatable bonds is 0. The van der Waals surface area contributed by atoms with E-state index >= 15 is 0 Å².